The van der Waals surface area contributed by atoms with Gasteiger partial charge < -0.3 is 9.15 Å². The van der Waals surface area contributed by atoms with Crippen molar-refractivity contribution in [2.75, 3.05) is 0 Å². The highest BCUT2D eigenvalue weighted by Gasteiger charge is 2.17. The summed E-state index contributed by atoms with van der Waals surface area (Å²) in [5, 5.41) is 18.1. The normalized spacial score (nSPS) is 11.9. The zero-order chi connectivity index (χ0) is 14.7. The van der Waals surface area contributed by atoms with Crippen LogP contribution in [0.4, 0.5) is 5.69 Å². The molecule has 0 radical (unpaired) electrons. The number of hydrogen-bond donors (Lipinski definition) is 0. The van der Waals surface area contributed by atoms with E-state index >= 15 is 0 Å². The number of ether oxygens (including phenoxy) is 1. The summed E-state index contributed by atoms with van der Waals surface area (Å²) in [7, 11) is 0. The van der Waals surface area contributed by atoms with Crippen LogP contribution >= 0.6 is 0 Å². The van der Waals surface area contributed by atoms with Crippen molar-refractivity contribution >= 4 is 11.7 Å². The Balaban J connectivity index is 2.20. The Bertz CT molecular complexity index is 635. The standard InChI is InChI=1S/C12H11N3O5/c1-7(19-8(2)16)11-13-14-12(20-11)9-3-5-10(6-4-9)15(17)18/h3-7H,1-2H3/t7-/m1/s1. The molecule has 2 aromatic rings. The lowest BCUT2D eigenvalue weighted by Gasteiger charge is -2.05. The number of carbonyl (C=O) groups is 1. The van der Waals surface area contributed by atoms with Crippen LogP contribution in [0.25, 0.3) is 11.5 Å². The molecule has 8 heteroatoms. The number of benzene rings is 1. The van der Waals surface area contributed by atoms with Crippen LogP contribution in [0.15, 0.2) is 28.7 Å². The van der Waals surface area contributed by atoms with E-state index < -0.39 is 17.0 Å². The molecule has 0 aliphatic carbocycles. The SMILES string of the molecule is CC(=O)O[C@H](C)c1nnc(-c2ccc([N+](=O)[O-])cc2)o1. The number of aromatic nitrogens is 2. The molecule has 2 rings (SSSR count). The summed E-state index contributed by atoms with van der Waals surface area (Å²) in [5.41, 5.74) is 0.520. The summed E-state index contributed by atoms with van der Waals surface area (Å²) >= 11 is 0. The van der Waals surface area contributed by atoms with Gasteiger partial charge in [0.25, 0.3) is 11.6 Å². The number of nitro groups is 1. The summed E-state index contributed by atoms with van der Waals surface area (Å²) in [6.45, 7) is 2.89. The van der Waals surface area contributed by atoms with Gasteiger partial charge in [-0.05, 0) is 19.1 Å². The molecule has 0 unspecified atom stereocenters. The second-order valence-corrected chi connectivity index (χ2v) is 4.00. The molecule has 1 aromatic carbocycles. The molecule has 1 heterocycles. The van der Waals surface area contributed by atoms with Crippen molar-refractivity contribution in [3.63, 3.8) is 0 Å². The minimum atomic E-state index is -0.646. The van der Waals surface area contributed by atoms with Gasteiger partial charge in [0, 0.05) is 24.6 Å². The fourth-order valence-corrected chi connectivity index (χ4v) is 1.54. The van der Waals surface area contributed by atoms with Crippen molar-refractivity contribution in [2.24, 2.45) is 0 Å². The second kappa shape index (κ2) is 5.47. The van der Waals surface area contributed by atoms with Gasteiger partial charge in [0.1, 0.15) is 0 Å². The van der Waals surface area contributed by atoms with Crippen LogP contribution in [0.3, 0.4) is 0 Å². The van der Waals surface area contributed by atoms with E-state index in [2.05, 4.69) is 10.2 Å². The molecule has 0 aliphatic rings. The molecular weight excluding hydrogens is 266 g/mol. The van der Waals surface area contributed by atoms with Crippen LogP contribution in [-0.2, 0) is 9.53 Å². The van der Waals surface area contributed by atoms with Gasteiger partial charge in [0.05, 0.1) is 4.92 Å². The monoisotopic (exact) mass is 277 g/mol. The van der Waals surface area contributed by atoms with E-state index in [1.165, 1.54) is 31.2 Å². The number of hydrogen-bond acceptors (Lipinski definition) is 7. The van der Waals surface area contributed by atoms with Gasteiger partial charge in [-0.15, -0.1) is 10.2 Å². The predicted octanol–water partition coefficient (Wildman–Crippen LogP) is 2.27. The lowest BCUT2D eigenvalue weighted by Crippen LogP contribution is -2.04. The van der Waals surface area contributed by atoms with E-state index in [4.69, 9.17) is 9.15 Å². The Morgan fingerprint density at radius 3 is 2.55 bits per heavy atom. The number of nitro benzene ring substituents is 1. The maximum Gasteiger partial charge on any atom is 0.303 e. The second-order valence-electron chi connectivity index (χ2n) is 4.00. The van der Waals surface area contributed by atoms with Crippen molar-refractivity contribution in [3.8, 4) is 11.5 Å². The van der Waals surface area contributed by atoms with Gasteiger partial charge in [-0.2, -0.15) is 0 Å². The molecule has 0 N–H and O–H groups in total. The first-order valence-corrected chi connectivity index (χ1v) is 5.73. The average molecular weight is 277 g/mol. The van der Waals surface area contributed by atoms with E-state index in [0.717, 1.165) is 0 Å². The van der Waals surface area contributed by atoms with Crippen LogP contribution in [-0.4, -0.2) is 21.1 Å². The largest absolute Gasteiger partial charge is 0.453 e. The van der Waals surface area contributed by atoms with Crippen molar-refractivity contribution in [2.45, 2.75) is 20.0 Å². The molecule has 1 atom stereocenters. The van der Waals surface area contributed by atoms with Crippen molar-refractivity contribution in [1.82, 2.24) is 10.2 Å². The maximum atomic E-state index is 10.8. The first kappa shape index (κ1) is 13.7. The third kappa shape index (κ3) is 2.97. The highest BCUT2D eigenvalue weighted by atomic mass is 16.6. The minimum absolute atomic E-state index is 0.0261. The first-order valence-electron chi connectivity index (χ1n) is 5.73. The van der Waals surface area contributed by atoms with Crippen molar-refractivity contribution < 1.29 is 18.9 Å². The molecule has 104 valence electrons. The van der Waals surface area contributed by atoms with Crippen molar-refractivity contribution in [1.29, 1.82) is 0 Å². The Hall–Kier alpha value is -2.77. The number of non-ortho nitro benzene ring substituents is 1. The highest BCUT2D eigenvalue weighted by Crippen LogP contribution is 2.24. The summed E-state index contributed by atoms with van der Waals surface area (Å²) in [6, 6.07) is 5.70. The Kier molecular flexibility index (Phi) is 3.74. The zero-order valence-electron chi connectivity index (χ0n) is 10.8. The van der Waals surface area contributed by atoms with Gasteiger partial charge in [-0.1, -0.05) is 0 Å². The summed E-state index contributed by atoms with van der Waals surface area (Å²) in [5.74, 6) is -0.0879. The fraction of sp³-hybridized carbons (Fsp3) is 0.250. The topological polar surface area (TPSA) is 108 Å². The van der Waals surface area contributed by atoms with E-state index in [0.29, 0.717) is 5.56 Å². The lowest BCUT2D eigenvalue weighted by atomic mass is 10.2. The van der Waals surface area contributed by atoms with E-state index in [-0.39, 0.29) is 17.5 Å². The molecule has 0 aliphatic heterocycles. The number of nitrogens with zero attached hydrogens (tertiary/aromatic N) is 3. The molecule has 20 heavy (non-hydrogen) atoms. The van der Waals surface area contributed by atoms with E-state index in [1.54, 1.807) is 6.92 Å². The van der Waals surface area contributed by atoms with Crippen LogP contribution in [0.2, 0.25) is 0 Å². The predicted molar refractivity (Wildman–Crippen MR) is 66.6 cm³/mol. The molecule has 0 fully saturated rings. The Morgan fingerprint density at radius 2 is 2.00 bits per heavy atom. The van der Waals surface area contributed by atoms with Gasteiger partial charge in [0.15, 0.2) is 6.10 Å². The Morgan fingerprint density at radius 1 is 1.35 bits per heavy atom. The van der Waals surface area contributed by atoms with E-state index in [9.17, 15) is 14.9 Å². The van der Waals surface area contributed by atoms with E-state index in [1.807, 2.05) is 0 Å². The fourth-order valence-electron chi connectivity index (χ4n) is 1.54. The highest BCUT2D eigenvalue weighted by molar-refractivity contribution is 5.66. The summed E-state index contributed by atoms with van der Waals surface area (Å²) in [4.78, 5) is 20.9. The third-order valence-corrected chi connectivity index (χ3v) is 2.46. The first-order chi connectivity index (χ1) is 9.47. The van der Waals surface area contributed by atoms with Crippen LogP contribution in [0, 0.1) is 10.1 Å². The van der Waals surface area contributed by atoms with Crippen LogP contribution in [0.1, 0.15) is 25.8 Å². The molecule has 0 spiro atoms. The van der Waals surface area contributed by atoms with Gasteiger partial charge in [0.2, 0.25) is 5.89 Å². The minimum Gasteiger partial charge on any atom is -0.453 e. The average Bonchev–Trinajstić information content (AvgIpc) is 2.87. The molecule has 0 amide bonds. The summed E-state index contributed by atoms with van der Waals surface area (Å²) < 4.78 is 10.3. The smallest absolute Gasteiger partial charge is 0.303 e. The maximum absolute atomic E-state index is 10.8. The van der Waals surface area contributed by atoms with Crippen LogP contribution < -0.4 is 0 Å². The molecular formula is C12H11N3O5. The van der Waals surface area contributed by atoms with Gasteiger partial charge in [-0.25, -0.2) is 0 Å². The number of rotatable bonds is 4. The summed E-state index contributed by atoms with van der Waals surface area (Å²) in [6.07, 6.45) is -0.646. The number of carbonyl (C=O) groups excluding carboxylic acids is 1. The molecule has 8 nitrogen and oxygen atoms in total. The van der Waals surface area contributed by atoms with Crippen molar-refractivity contribution in [3.05, 3.63) is 40.3 Å². The molecule has 1 aromatic heterocycles. The van der Waals surface area contributed by atoms with Gasteiger partial charge in [-0.3, -0.25) is 14.9 Å². The quantitative estimate of drug-likeness (QED) is 0.479. The van der Waals surface area contributed by atoms with Crippen LogP contribution in [0.5, 0.6) is 0 Å². The molecule has 0 saturated carbocycles. The number of esters is 1. The molecule has 0 saturated heterocycles. The van der Waals surface area contributed by atoms with Gasteiger partial charge >= 0.3 is 5.97 Å². The lowest BCUT2D eigenvalue weighted by molar-refractivity contribution is -0.384. The molecule has 0 bridgehead atoms. The zero-order valence-corrected chi connectivity index (χ0v) is 10.8. The third-order valence-electron chi connectivity index (χ3n) is 2.46. The Labute approximate surface area is 113 Å².